The van der Waals surface area contributed by atoms with Crippen LogP contribution in [0.5, 0.6) is 0 Å². The summed E-state index contributed by atoms with van der Waals surface area (Å²) < 4.78 is 48.9. The van der Waals surface area contributed by atoms with Crippen LogP contribution in [0.25, 0.3) is 0 Å². The van der Waals surface area contributed by atoms with Crippen molar-refractivity contribution < 1.29 is 114 Å². The Kier molecular flexibility index (Phi) is 13.6. The molecule has 23 heteroatoms. The van der Waals surface area contributed by atoms with E-state index >= 15 is 0 Å². The number of rotatable bonds is 10. The lowest BCUT2D eigenvalue weighted by molar-refractivity contribution is -0.363. The molecule has 5 rings (SSSR count). The zero-order chi connectivity index (χ0) is 37.5. The Morgan fingerprint density at radius 1 is 0.608 bits per heavy atom. The van der Waals surface area contributed by atoms with Gasteiger partial charge >= 0.3 is 5.97 Å². The third-order valence-corrected chi connectivity index (χ3v) is 9.69. The third-order valence-electron chi connectivity index (χ3n) is 9.69. The SMILES string of the molecule is CO[C@H]1[C@H](O)[C@@H](O[C@@H]2OC[C@@H](O[C@@H]3OC[C@@H](O[C@@H]4OC[C@@H](O)[C@H](O)[C@H]4O)[C@H](O)[C@H]3O)[C@H](O)[C@H]2O)[C@@H](C2C(CO)OC(O)C(O)C2O)O[C@@H]1C(=O)O. The summed E-state index contributed by atoms with van der Waals surface area (Å²) in [5.74, 6) is -3.15. The van der Waals surface area contributed by atoms with E-state index in [0.29, 0.717) is 0 Å². The number of hydrogen-bond acceptors (Lipinski definition) is 22. The summed E-state index contributed by atoms with van der Waals surface area (Å²) in [6.07, 6.45) is -36.0. The third kappa shape index (κ3) is 8.19. The summed E-state index contributed by atoms with van der Waals surface area (Å²) in [5, 5.41) is 135. The molecule has 0 spiro atoms. The first kappa shape index (κ1) is 40.8. The van der Waals surface area contributed by atoms with Crippen molar-refractivity contribution in [3.8, 4) is 0 Å². The van der Waals surface area contributed by atoms with Gasteiger partial charge < -0.3 is 109 Å². The summed E-state index contributed by atoms with van der Waals surface area (Å²) in [6, 6.07) is 0. The number of carboxylic acid groups (broad SMARTS) is 1. The van der Waals surface area contributed by atoms with Gasteiger partial charge in [0.1, 0.15) is 79.4 Å². The molecule has 5 saturated heterocycles. The van der Waals surface area contributed by atoms with Gasteiger partial charge in [0.25, 0.3) is 0 Å². The van der Waals surface area contributed by atoms with Crippen molar-refractivity contribution in [2.45, 2.75) is 129 Å². The Balaban J connectivity index is 1.25. The maximum Gasteiger partial charge on any atom is 0.335 e. The van der Waals surface area contributed by atoms with Crippen LogP contribution in [-0.2, 0) is 47.4 Å². The van der Waals surface area contributed by atoms with Crippen LogP contribution >= 0.6 is 0 Å². The van der Waals surface area contributed by atoms with Crippen LogP contribution < -0.4 is 0 Å². The Bertz CT molecular complexity index is 1130. The van der Waals surface area contributed by atoms with Crippen LogP contribution in [0.15, 0.2) is 0 Å². The molecule has 0 aromatic carbocycles. The lowest BCUT2D eigenvalue weighted by Crippen LogP contribution is -2.69. The van der Waals surface area contributed by atoms with Crippen LogP contribution in [0.4, 0.5) is 0 Å². The number of aliphatic carboxylic acids is 1. The zero-order valence-corrected chi connectivity index (χ0v) is 26.9. The largest absolute Gasteiger partial charge is 0.479 e. The molecule has 0 bridgehead atoms. The molecule has 0 aliphatic carbocycles. The van der Waals surface area contributed by atoms with Gasteiger partial charge in [0.15, 0.2) is 31.3 Å². The molecule has 0 radical (unpaired) electrons. The van der Waals surface area contributed by atoms with E-state index in [0.717, 1.165) is 7.11 Å². The van der Waals surface area contributed by atoms with E-state index in [4.69, 9.17) is 42.6 Å². The van der Waals surface area contributed by atoms with E-state index in [1.54, 1.807) is 0 Å². The Morgan fingerprint density at radius 3 is 1.63 bits per heavy atom. The molecule has 13 N–H and O–H groups in total. The number of aliphatic hydroxyl groups excluding tert-OH is 12. The molecule has 296 valence electrons. The number of methoxy groups -OCH3 is 1. The minimum Gasteiger partial charge on any atom is -0.479 e. The summed E-state index contributed by atoms with van der Waals surface area (Å²) in [6.45, 7) is -2.29. The van der Waals surface area contributed by atoms with E-state index in [1.165, 1.54) is 0 Å². The molecule has 5 unspecified atom stereocenters. The fourth-order valence-electron chi connectivity index (χ4n) is 6.76. The first-order valence-electron chi connectivity index (χ1n) is 16.1. The van der Waals surface area contributed by atoms with E-state index in [1.807, 2.05) is 0 Å². The second-order valence-electron chi connectivity index (χ2n) is 12.9. The molecule has 0 aromatic rings. The fraction of sp³-hybridized carbons (Fsp3) is 0.964. The number of aliphatic hydroxyl groups is 12. The van der Waals surface area contributed by atoms with Crippen LogP contribution in [0.1, 0.15) is 0 Å². The van der Waals surface area contributed by atoms with Gasteiger partial charge in [0.2, 0.25) is 0 Å². The fourth-order valence-corrected chi connectivity index (χ4v) is 6.76. The smallest absolute Gasteiger partial charge is 0.335 e. The molecule has 5 aliphatic heterocycles. The van der Waals surface area contributed by atoms with Crippen LogP contribution in [0, 0.1) is 5.92 Å². The Morgan fingerprint density at radius 2 is 1.12 bits per heavy atom. The number of hydrogen-bond donors (Lipinski definition) is 13. The van der Waals surface area contributed by atoms with Crippen molar-refractivity contribution in [2.24, 2.45) is 5.92 Å². The molecule has 5 heterocycles. The van der Waals surface area contributed by atoms with Crippen molar-refractivity contribution in [1.82, 2.24) is 0 Å². The van der Waals surface area contributed by atoms with Gasteiger partial charge in [0.05, 0.1) is 44.7 Å². The van der Waals surface area contributed by atoms with E-state index in [-0.39, 0.29) is 6.61 Å². The number of carboxylic acids is 1. The van der Waals surface area contributed by atoms with Gasteiger partial charge in [-0.15, -0.1) is 0 Å². The van der Waals surface area contributed by atoms with Crippen molar-refractivity contribution in [2.75, 3.05) is 33.5 Å². The Labute approximate surface area is 288 Å². The minimum absolute atomic E-state index is 0.385. The lowest BCUT2D eigenvalue weighted by atomic mass is 9.78. The molecule has 51 heavy (non-hydrogen) atoms. The summed E-state index contributed by atoms with van der Waals surface area (Å²) >= 11 is 0. The van der Waals surface area contributed by atoms with Crippen LogP contribution in [0.3, 0.4) is 0 Å². The van der Waals surface area contributed by atoms with E-state index < -0.39 is 161 Å². The predicted molar refractivity (Wildman–Crippen MR) is 152 cm³/mol. The molecule has 5 aliphatic rings. The first-order chi connectivity index (χ1) is 24.1. The van der Waals surface area contributed by atoms with Crippen molar-refractivity contribution >= 4 is 5.97 Å². The molecular weight excluding hydrogens is 704 g/mol. The topological polar surface area (TPSA) is 363 Å². The quantitative estimate of drug-likeness (QED) is 0.0985. The second kappa shape index (κ2) is 17.0. The average molecular weight is 751 g/mol. The maximum absolute atomic E-state index is 12.0. The van der Waals surface area contributed by atoms with Crippen LogP contribution in [0.2, 0.25) is 0 Å². The highest BCUT2D eigenvalue weighted by molar-refractivity contribution is 5.73. The van der Waals surface area contributed by atoms with Crippen molar-refractivity contribution in [3.05, 3.63) is 0 Å². The summed E-state index contributed by atoms with van der Waals surface area (Å²) in [7, 11) is 1.06. The molecule has 23 nitrogen and oxygen atoms in total. The molecule has 0 saturated carbocycles. The normalized spacial score (nSPS) is 52.7. The van der Waals surface area contributed by atoms with E-state index in [9.17, 15) is 71.2 Å². The monoisotopic (exact) mass is 750 g/mol. The highest BCUT2D eigenvalue weighted by Crippen LogP contribution is 2.38. The molecule has 0 aromatic heterocycles. The first-order valence-corrected chi connectivity index (χ1v) is 16.1. The number of carbonyl (C=O) groups is 1. The van der Waals surface area contributed by atoms with Gasteiger partial charge in [0, 0.05) is 13.0 Å². The average Bonchev–Trinajstić information content (AvgIpc) is 3.10. The van der Waals surface area contributed by atoms with E-state index in [2.05, 4.69) is 0 Å². The second-order valence-corrected chi connectivity index (χ2v) is 12.9. The van der Waals surface area contributed by atoms with Crippen molar-refractivity contribution in [3.63, 3.8) is 0 Å². The molecule has 22 atom stereocenters. The Hall–Kier alpha value is -1.37. The summed E-state index contributed by atoms with van der Waals surface area (Å²) in [4.78, 5) is 12.0. The highest BCUT2D eigenvalue weighted by Gasteiger charge is 2.59. The molecular formula is C28H46O23. The van der Waals surface area contributed by atoms with Gasteiger partial charge in [-0.1, -0.05) is 0 Å². The minimum atomic E-state index is -1.99. The summed E-state index contributed by atoms with van der Waals surface area (Å²) in [5.41, 5.74) is 0. The highest BCUT2D eigenvalue weighted by atomic mass is 16.8. The molecule has 5 fully saturated rings. The van der Waals surface area contributed by atoms with Crippen molar-refractivity contribution in [1.29, 1.82) is 0 Å². The van der Waals surface area contributed by atoms with Crippen LogP contribution in [-0.4, -0.2) is 235 Å². The van der Waals surface area contributed by atoms with Gasteiger partial charge in [-0.25, -0.2) is 4.79 Å². The van der Waals surface area contributed by atoms with Gasteiger partial charge in [-0.2, -0.15) is 0 Å². The van der Waals surface area contributed by atoms with Gasteiger partial charge in [-0.3, -0.25) is 0 Å². The number of ether oxygens (including phenoxy) is 9. The predicted octanol–water partition coefficient (Wildman–Crippen LogP) is -8.99. The van der Waals surface area contributed by atoms with Gasteiger partial charge in [-0.05, 0) is 0 Å². The standard InChI is InChI=1S/C28H46O23/c1-43-21-19(39)22(20(50-23(21)24(40)41)10-7(2-29)47-25(42)15(35)14(10)34)51-28-18(38)13(33)9(5-46-28)49-27-17(37)12(32)8(4-45-27)48-26-16(36)11(31)6(30)3-44-26/h6-23,25-39,42H,2-5H2,1H3,(H,40,41)/t6-,7?,8-,9-,10?,11+,12+,13+,14?,15?,16-,17-,18-,19+,20-,21+,22-,23+,25?,26+,27+,28+/m1/s1. The maximum atomic E-state index is 12.0. The lowest BCUT2D eigenvalue weighted by Gasteiger charge is -2.51. The zero-order valence-electron chi connectivity index (χ0n) is 26.9. The molecule has 0 amide bonds.